The molecule has 74 valence electrons. The van der Waals surface area contributed by atoms with Gasteiger partial charge in [0.25, 0.3) is 5.91 Å². The molecule has 1 aliphatic heterocycles. The fourth-order valence-electron chi connectivity index (χ4n) is 1.33. The summed E-state index contributed by atoms with van der Waals surface area (Å²) < 4.78 is 0. The van der Waals surface area contributed by atoms with E-state index in [9.17, 15) is 14.7 Å². The number of urea groups is 1. The van der Waals surface area contributed by atoms with E-state index in [4.69, 9.17) is 5.73 Å². The van der Waals surface area contributed by atoms with Crippen LogP contribution in [0.2, 0.25) is 0 Å². The van der Waals surface area contributed by atoms with Gasteiger partial charge in [-0.25, -0.2) is 4.79 Å². The van der Waals surface area contributed by atoms with Gasteiger partial charge in [-0.15, -0.1) is 0 Å². The van der Waals surface area contributed by atoms with Gasteiger partial charge in [-0.1, -0.05) is 0 Å². The van der Waals surface area contributed by atoms with E-state index in [0.29, 0.717) is 6.54 Å². The van der Waals surface area contributed by atoms with Crippen molar-refractivity contribution in [3.63, 3.8) is 0 Å². The number of likely N-dealkylation sites (tertiary alicyclic amines) is 1. The van der Waals surface area contributed by atoms with Crippen LogP contribution >= 0.6 is 0 Å². The number of aliphatic hydroxyl groups is 1. The Bertz CT molecular complexity index is 243. The molecule has 0 aromatic carbocycles. The van der Waals surface area contributed by atoms with Crippen LogP contribution in [-0.4, -0.2) is 47.7 Å². The number of carbonyl (C=O) groups is 2. The summed E-state index contributed by atoms with van der Waals surface area (Å²) in [4.78, 5) is 23.2. The maximum Gasteiger partial charge on any atom is 0.317 e. The third-order valence-electron chi connectivity index (χ3n) is 2.21. The second-order valence-corrected chi connectivity index (χ2v) is 3.12. The van der Waals surface area contributed by atoms with Crippen molar-refractivity contribution in [3.8, 4) is 0 Å². The number of nitrogens with two attached hydrogens (primary N) is 1. The summed E-state index contributed by atoms with van der Waals surface area (Å²) in [5.41, 5.74) is 3.44. The lowest BCUT2D eigenvalue weighted by molar-refractivity contribution is -0.134. The van der Waals surface area contributed by atoms with Gasteiger partial charge in [0.05, 0.1) is 6.54 Å². The molecule has 4 N–H and O–H groups in total. The standard InChI is InChI=1S/C7H13N3O3/c1-9-6(12)10-3-2-7(13,4-10)5(8)11/h13H,2-4H2,1H3,(H2,8,11)(H,9,12). The second-order valence-electron chi connectivity index (χ2n) is 3.12. The van der Waals surface area contributed by atoms with Gasteiger partial charge in [0.2, 0.25) is 0 Å². The number of carbonyl (C=O) groups excluding carboxylic acids is 2. The Balaban J connectivity index is 2.63. The summed E-state index contributed by atoms with van der Waals surface area (Å²) in [6.07, 6.45) is 0.204. The molecule has 0 bridgehead atoms. The molecule has 0 saturated carbocycles. The molecule has 0 aromatic rings. The molecule has 1 fully saturated rings. The number of rotatable bonds is 1. The molecule has 1 saturated heterocycles. The Kier molecular flexibility index (Phi) is 2.42. The van der Waals surface area contributed by atoms with Crippen LogP contribution in [-0.2, 0) is 4.79 Å². The van der Waals surface area contributed by atoms with Crippen molar-refractivity contribution < 1.29 is 14.7 Å². The zero-order valence-corrected chi connectivity index (χ0v) is 7.41. The minimum atomic E-state index is -1.55. The fourth-order valence-corrected chi connectivity index (χ4v) is 1.33. The Morgan fingerprint density at radius 2 is 2.23 bits per heavy atom. The van der Waals surface area contributed by atoms with Gasteiger partial charge >= 0.3 is 6.03 Å². The lowest BCUT2D eigenvalue weighted by atomic mass is 10.0. The average Bonchev–Trinajstić information content (AvgIpc) is 2.48. The summed E-state index contributed by atoms with van der Waals surface area (Å²) in [6, 6.07) is -0.308. The van der Waals surface area contributed by atoms with E-state index in [-0.39, 0.29) is 19.0 Å². The first-order chi connectivity index (χ1) is 5.99. The SMILES string of the molecule is CNC(=O)N1CCC(O)(C(N)=O)C1. The number of amides is 3. The van der Waals surface area contributed by atoms with Crippen molar-refractivity contribution in [2.45, 2.75) is 12.0 Å². The summed E-state index contributed by atoms with van der Waals surface area (Å²) in [7, 11) is 1.49. The number of nitrogens with one attached hydrogen (secondary N) is 1. The van der Waals surface area contributed by atoms with E-state index in [2.05, 4.69) is 5.32 Å². The third kappa shape index (κ3) is 1.72. The highest BCUT2D eigenvalue weighted by atomic mass is 16.3. The first-order valence-electron chi connectivity index (χ1n) is 3.98. The van der Waals surface area contributed by atoms with Gasteiger partial charge in [0.15, 0.2) is 5.60 Å². The summed E-state index contributed by atoms with van der Waals surface area (Å²) in [5.74, 6) is -0.779. The zero-order chi connectivity index (χ0) is 10.1. The van der Waals surface area contributed by atoms with Crippen LogP contribution in [0.15, 0.2) is 0 Å². The van der Waals surface area contributed by atoms with Gasteiger partial charge in [-0.2, -0.15) is 0 Å². The molecule has 13 heavy (non-hydrogen) atoms. The van der Waals surface area contributed by atoms with E-state index in [1.165, 1.54) is 11.9 Å². The molecule has 0 aliphatic carbocycles. The molecule has 0 radical (unpaired) electrons. The molecule has 1 unspecified atom stereocenters. The molecule has 1 rings (SSSR count). The highest BCUT2D eigenvalue weighted by molar-refractivity contribution is 5.85. The average molecular weight is 187 g/mol. The molecular formula is C7H13N3O3. The molecule has 0 spiro atoms. The van der Waals surface area contributed by atoms with Gasteiger partial charge < -0.3 is 21.1 Å². The Labute approximate surface area is 75.7 Å². The van der Waals surface area contributed by atoms with Crippen LogP contribution < -0.4 is 11.1 Å². The first-order valence-corrected chi connectivity index (χ1v) is 3.98. The summed E-state index contributed by atoms with van der Waals surface area (Å²) in [5, 5.41) is 12.0. The van der Waals surface area contributed by atoms with Crippen molar-refractivity contribution in [2.24, 2.45) is 5.73 Å². The first kappa shape index (κ1) is 9.79. The van der Waals surface area contributed by atoms with E-state index < -0.39 is 11.5 Å². The highest BCUT2D eigenvalue weighted by Gasteiger charge is 2.42. The number of hydrogen-bond donors (Lipinski definition) is 3. The molecule has 1 aliphatic rings. The predicted molar refractivity (Wildman–Crippen MR) is 44.8 cm³/mol. The molecule has 1 atom stereocenters. The van der Waals surface area contributed by atoms with Gasteiger partial charge in [-0.05, 0) is 0 Å². The Morgan fingerprint density at radius 1 is 1.62 bits per heavy atom. The molecular weight excluding hydrogens is 174 g/mol. The van der Waals surface area contributed by atoms with Crippen molar-refractivity contribution >= 4 is 11.9 Å². The lowest BCUT2D eigenvalue weighted by Crippen LogP contribution is -2.47. The van der Waals surface area contributed by atoms with Crippen LogP contribution in [0.3, 0.4) is 0 Å². The summed E-state index contributed by atoms with van der Waals surface area (Å²) >= 11 is 0. The van der Waals surface area contributed by atoms with Gasteiger partial charge in [0.1, 0.15) is 0 Å². The minimum Gasteiger partial charge on any atom is -0.378 e. The maximum absolute atomic E-state index is 11.1. The van der Waals surface area contributed by atoms with E-state index in [0.717, 1.165) is 0 Å². The highest BCUT2D eigenvalue weighted by Crippen LogP contribution is 2.20. The molecule has 0 aromatic heterocycles. The van der Waals surface area contributed by atoms with Crippen LogP contribution in [0, 0.1) is 0 Å². The largest absolute Gasteiger partial charge is 0.378 e. The van der Waals surface area contributed by atoms with Crippen molar-refractivity contribution in [3.05, 3.63) is 0 Å². The number of primary amides is 1. The third-order valence-corrected chi connectivity index (χ3v) is 2.21. The number of hydrogen-bond acceptors (Lipinski definition) is 3. The maximum atomic E-state index is 11.1. The predicted octanol–water partition coefficient (Wildman–Crippen LogP) is -1.75. The molecule has 1 heterocycles. The van der Waals surface area contributed by atoms with Crippen LogP contribution in [0.4, 0.5) is 4.79 Å². The normalized spacial score (nSPS) is 27.4. The van der Waals surface area contributed by atoms with Crippen LogP contribution in [0.1, 0.15) is 6.42 Å². The molecule has 6 nitrogen and oxygen atoms in total. The van der Waals surface area contributed by atoms with E-state index in [1.54, 1.807) is 0 Å². The molecule has 6 heteroatoms. The zero-order valence-electron chi connectivity index (χ0n) is 7.41. The van der Waals surface area contributed by atoms with Gasteiger partial charge in [-0.3, -0.25) is 4.79 Å². The fraction of sp³-hybridized carbons (Fsp3) is 0.714. The number of nitrogens with zero attached hydrogens (tertiary/aromatic N) is 1. The summed E-state index contributed by atoms with van der Waals surface area (Å²) in [6.45, 7) is 0.321. The van der Waals surface area contributed by atoms with E-state index in [1.807, 2.05) is 0 Å². The van der Waals surface area contributed by atoms with Crippen molar-refractivity contribution in [1.82, 2.24) is 10.2 Å². The van der Waals surface area contributed by atoms with Crippen molar-refractivity contribution in [2.75, 3.05) is 20.1 Å². The number of β-amino-alcohol motifs (C(OH)–C–C–N with tert-alkyl or cyclic N) is 1. The van der Waals surface area contributed by atoms with Gasteiger partial charge in [0, 0.05) is 20.0 Å². The smallest absolute Gasteiger partial charge is 0.317 e. The van der Waals surface area contributed by atoms with Crippen molar-refractivity contribution in [1.29, 1.82) is 0 Å². The second kappa shape index (κ2) is 3.21. The monoisotopic (exact) mass is 187 g/mol. The van der Waals surface area contributed by atoms with Crippen LogP contribution in [0.25, 0.3) is 0 Å². The topological polar surface area (TPSA) is 95.7 Å². The molecule has 3 amide bonds. The Morgan fingerprint density at radius 3 is 2.62 bits per heavy atom. The Hall–Kier alpha value is -1.30. The lowest BCUT2D eigenvalue weighted by Gasteiger charge is -2.19. The van der Waals surface area contributed by atoms with E-state index >= 15 is 0 Å². The quantitative estimate of drug-likeness (QED) is 0.454. The minimum absolute atomic E-state index is 0.0258. The van der Waals surface area contributed by atoms with Crippen LogP contribution in [0.5, 0.6) is 0 Å².